The van der Waals surface area contributed by atoms with E-state index in [0.717, 1.165) is 44.2 Å². The lowest BCUT2D eigenvalue weighted by Crippen LogP contribution is -2.35. The van der Waals surface area contributed by atoms with Crippen LogP contribution in [0.3, 0.4) is 0 Å². The average molecular weight is 457 g/mol. The first-order valence-corrected chi connectivity index (χ1v) is 11.2. The molecule has 12 heteroatoms. The van der Waals surface area contributed by atoms with Gasteiger partial charge in [0, 0.05) is 36.0 Å². The molecule has 1 aliphatic rings. The lowest BCUT2D eigenvalue weighted by molar-refractivity contribution is 0.0314. The highest BCUT2D eigenvalue weighted by molar-refractivity contribution is 7.13. The summed E-state index contributed by atoms with van der Waals surface area (Å²) >= 11 is 1.34. The Morgan fingerprint density at radius 3 is 2.94 bits per heavy atom. The number of carbonyl (C=O) groups is 1. The van der Waals surface area contributed by atoms with E-state index in [-0.39, 0.29) is 29.0 Å². The van der Waals surface area contributed by atoms with E-state index in [1.165, 1.54) is 11.3 Å². The van der Waals surface area contributed by atoms with Crippen LogP contribution in [0.4, 0.5) is 0 Å². The molecule has 0 unspecified atom stereocenters. The molecule has 3 aromatic rings. The van der Waals surface area contributed by atoms with Gasteiger partial charge in [-0.1, -0.05) is 0 Å². The van der Waals surface area contributed by atoms with Crippen LogP contribution in [0.5, 0.6) is 0 Å². The molecule has 168 valence electrons. The van der Waals surface area contributed by atoms with E-state index in [4.69, 9.17) is 14.6 Å². The van der Waals surface area contributed by atoms with E-state index in [1.807, 2.05) is 6.92 Å². The van der Waals surface area contributed by atoms with Gasteiger partial charge in [0.1, 0.15) is 16.4 Å². The Balaban J connectivity index is 1.45. The molecule has 0 radical (unpaired) electrons. The lowest BCUT2D eigenvalue weighted by Gasteiger charge is -2.28. The first-order chi connectivity index (χ1) is 15.6. The molecule has 1 fully saturated rings. The monoisotopic (exact) mass is 456 g/mol. The van der Waals surface area contributed by atoms with Crippen molar-refractivity contribution in [3.63, 3.8) is 0 Å². The van der Waals surface area contributed by atoms with Gasteiger partial charge in [0.05, 0.1) is 18.0 Å². The van der Waals surface area contributed by atoms with Crippen LogP contribution in [-0.2, 0) is 4.74 Å². The van der Waals surface area contributed by atoms with Crippen molar-refractivity contribution in [2.24, 2.45) is 0 Å². The van der Waals surface area contributed by atoms with Crippen LogP contribution in [0.2, 0.25) is 0 Å². The molecule has 1 amide bonds. The third-order valence-electron chi connectivity index (χ3n) is 5.11. The SMILES string of the molecule is CCO[C@H]1CC[C@H](N/C=C(/NC(=O)c2csc(-c3cn[nH]c3)n2)C(=N)c2nnco2)CC1. The Bertz CT molecular complexity index is 1050. The number of nitrogens with one attached hydrogen (secondary N) is 4. The third kappa shape index (κ3) is 5.26. The van der Waals surface area contributed by atoms with Crippen molar-refractivity contribution in [1.82, 2.24) is 36.0 Å². The lowest BCUT2D eigenvalue weighted by atomic mass is 9.93. The van der Waals surface area contributed by atoms with Crippen molar-refractivity contribution >= 4 is 23.0 Å². The van der Waals surface area contributed by atoms with E-state index in [1.54, 1.807) is 24.0 Å². The second kappa shape index (κ2) is 10.3. The molecule has 3 heterocycles. The summed E-state index contributed by atoms with van der Waals surface area (Å²) in [6.07, 6.45) is 10.2. The highest BCUT2D eigenvalue weighted by Crippen LogP contribution is 2.23. The van der Waals surface area contributed by atoms with E-state index in [2.05, 4.69) is 36.0 Å². The maximum atomic E-state index is 12.8. The zero-order chi connectivity index (χ0) is 22.3. The number of thiazole rings is 1. The van der Waals surface area contributed by atoms with Crippen LogP contribution in [0.1, 0.15) is 49.0 Å². The second-order valence-electron chi connectivity index (χ2n) is 7.25. The highest BCUT2D eigenvalue weighted by atomic mass is 32.1. The predicted molar refractivity (Wildman–Crippen MR) is 117 cm³/mol. The van der Waals surface area contributed by atoms with Gasteiger partial charge in [-0.2, -0.15) is 5.10 Å². The van der Waals surface area contributed by atoms with Gasteiger partial charge in [-0.25, -0.2) is 4.98 Å². The van der Waals surface area contributed by atoms with Gasteiger partial charge in [-0.05, 0) is 32.6 Å². The first kappa shape index (κ1) is 21.8. The molecule has 0 bridgehead atoms. The van der Waals surface area contributed by atoms with Crippen molar-refractivity contribution in [2.45, 2.75) is 44.8 Å². The molecule has 0 atom stereocenters. The number of carbonyl (C=O) groups excluding carboxylic acids is 1. The molecule has 0 saturated heterocycles. The van der Waals surface area contributed by atoms with Gasteiger partial charge < -0.3 is 19.8 Å². The molecule has 0 spiro atoms. The summed E-state index contributed by atoms with van der Waals surface area (Å²) in [5.41, 5.74) is 1.18. The first-order valence-electron chi connectivity index (χ1n) is 10.3. The van der Waals surface area contributed by atoms with Crippen molar-refractivity contribution < 1.29 is 13.9 Å². The number of rotatable bonds is 9. The fourth-order valence-corrected chi connectivity index (χ4v) is 4.25. The maximum Gasteiger partial charge on any atom is 0.275 e. The van der Waals surface area contributed by atoms with Crippen LogP contribution in [0.15, 0.2) is 40.5 Å². The van der Waals surface area contributed by atoms with Crippen molar-refractivity contribution in [3.8, 4) is 10.6 Å². The zero-order valence-corrected chi connectivity index (χ0v) is 18.3. The van der Waals surface area contributed by atoms with Crippen molar-refractivity contribution in [2.75, 3.05) is 6.61 Å². The summed E-state index contributed by atoms with van der Waals surface area (Å²) in [7, 11) is 0. The topological polar surface area (TPSA) is 155 Å². The molecule has 0 aliphatic heterocycles. The Morgan fingerprint density at radius 2 is 2.25 bits per heavy atom. The fraction of sp³-hybridized carbons (Fsp3) is 0.400. The van der Waals surface area contributed by atoms with Gasteiger partial charge >= 0.3 is 0 Å². The molecule has 32 heavy (non-hydrogen) atoms. The number of H-pyrrole nitrogens is 1. The van der Waals surface area contributed by atoms with Gasteiger partial charge in [-0.3, -0.25) is 15.3 Å². The normalized spacial score (nSPS) is 19.0. The van der Waals surface area contributed by atoms with Crippen LogP contribution in [0.25, 0.3) is 10.6 Å². The van der Waals surface area contributed by atoms with E-state index < -0.39 is 5.91 Å². The summed E-state index contributed by atoms with van der Waals surface area (Å²) in [6.45, 7) is 2.73. The Hall–Kier alpha value is -3.38. The molecular formula is C20H24N8O3S. The molecule has 11 nitrogen and oxygen atoms in total. The minimum Gasteiger partial charge on any atom is -0.422 e. The molecular weight excluding hydrogens is 432 g/mol. The van der Waals surface area contributed by atoms with Crippen molar-refractivity contribution in [3.05, 3.63) is 47.6 Å². The molecule has 0 aromatic carbocycles. The summed E-state index contributed by atoms with van der Waals surface area (Å²) in [6, 6.07) is 0.223. The van der Waals surface area contributed by atoms with Gasteiger partial charge in [0.2, 0.25) is 6.39 Å². The smallest absolute Gasteiger partial charge is 0.275 e. The fourth-order valence-electron chi connectivity index (χ4n) is 3.47. The minimum atomic E-state index is -0.437. The number of nitrogens with zero attached hydrogens (tertiary/aromatic N) is 4. The molecule has 1 aliphatic carbocycles. The maximum absolute atomic E-state index is 12.8. The summed E-state index contributed by atoms with van der Waals surface area (Å²) in [4.78, 5) is 17.2. The van der Waals surface area contributed by atoms with Gasteiger partial charge in [0.15, 0.2) is 0 Å². The number of allylic oxidation sites excluding steroid dienone is 1. The van der Waals surface area contributed by atoms with Crippen LogP contribution in [0, 0.1) is 5.41 Å². The average Bonchev–Trinajstić information content (AvgIpc) is 3.58. The van der Waals surface area contributed by atoms with E-state index in [0.29, 0.717) is 11.1 Å². The van der Waals surface area contributed by atoms with E-state index in [9.17, 15) is 4.79 Å². The van der Waals surface area contributed by atoms with Gasteiger partial charge in [-0.15, -0.1) is 21.5 Å². The number of hydrogen-bond donors (Lipinski definition) is 4. The minimum absolute atomic E-state index is 0.00997. The number of amides is 1. The van der Waals surface area contributed by atoms with Crippen molar-refractivity contribution in [1.29, 1.82) is 5.41 Å². The number of hydrogen-bond acceptors (Lipinski definition) is 10. The number of aromatic nitrogens is 5. The van der Waals surface area contributed by atoms with E-state index >= 15 is 0 Å². The summed E-state index contributed by atoms with van der Waals surface area (Å²) in [5.74, 6) is -0.427. The van der Waals surface area contributed by atoms with Crippen LogP contribution >= 0.6 is 11.3 Å². The summed E-state index contributed by atoms with van der Waals surface area (Å²) in [5, 5.41) is 30.8. The Kier molecular flexibility index (Phi) is 7.02. The second-order valence-corrected chi connectivity index (χ2v) is 8.11. The predicted octanol–water partition coefficient (Wildman–Crippen LogP) is 2.49. The van der Waals surface area contributed by atoms with Crippen LogP contribution in [-0.4, -0.2) is 55.8 Å². The Morgan fingerprint density at radius 1 is 1.41 bits per heavy atom. The molecule has 4 rings (SSSR count). The van der Waals surface area contributed by atoms with Gasteiger partial charge in [0.25, 0.3) is 11.8 Å². The standard InChI is InChI=1S/C20H24N8O3S/c1-2-30-14-5-3-13(4-6-14)22-9-15(17(21)19-28-25-11-31-19)26-18(29)16-10-32-20(27-16)12-7-23-24-8-12/h7-11,13-14,21-22H,2-6H2,1H3,(H,23,24)(H,26,29)/b15-9+,21-17?/t13-,14-. The number of ether oxygens (including phenoxy) is 1. The molecule has 4 N–H and O–H groups in total. The number of aromatic amines is 1. The highest BCUT2D eigenvalue weighted by Gasteiger charge is 2.22. The van der Waals surface area contributed by atoms with Crippen LogP contribution < -0.4 is 10.6 Å². The molecule has 3 aromatic heterocycles. The Labute approximate surface area is 188 Å². The quantitative estimate of drug-likeness (QED) is 0.358. The molecule has 1 saturated carbocycles. The largest absolute Gasteiger partial charge is 0.422 e. The zero-order valence-electron chi connectivity index (χ0n) is 17.5. The summed E-state index contributed by atoms with van der Waals surface area (Å²) < 4.78 is 10.8. The third-order valence-corrected chi connectivity index (χ3v) is 6.00.